The second-order valence-electron chi connectivity index (χ2n) is 9.87. The monoisotopic (exact) mass is 555 g/mol. The Balaban J connectivity index is 2.18. The molecule has 0 bridgehead atoms. The third kappa shape index (κ3) is 9.97. The molecule has 0 saturated carbocycles. The quantitative estimate of drug-likeness (QED) is 0.233. The van der Waals surface area contributed by atoms with Crippen molar-refractivity contribution >= 4 is 45.5 Å². The highest BCUT2D eigenvalue weighted by atomic mass is 32.1. The molecule has 0 fully saturated rings. The molecule has 0 aliphatic rings. The number of carbonyl (C=O) groups is 3. The molecule has 2 N–H and O–H groups in total. The van der Waals surface area contributed by atoms with Crippen LogP contribution in [0, 0.1) is 11.8 Å². The number of nitrogens with zero attached hydrogens (tertiary/aromatic N) is 3. The zero-order valence-electron chi connectivity index (χ0n) is 24.4. The van der Waals surface area contributed by atoms with Crippen LogP contribution in [-0.4, -0.2) is 66.0 Å². The summed E-state index contributed by atoms with van der Waals surface area (Å²) in [4.78, 5) is 49.0. The lowest BCUT2D eigenvalue weighted by atomic mass is 9.97. The van der Waals surface area contributed by atoms with Gasteiger partial charge in [-0.15, -0.1) is 11.3 Å². The zero-order chi connectivity index (χ0) is 28.9. The Morgan fingerprint density at radius 1 is 1.15 bits per heavy atom. The van der Waals surface area contributed by atoms with Gasteiger partial charge in [-0.1, -0.05) is 60.6 Å². The van der Waals surface area contributed by atoms with Gasteiger partial charge in [0, 0.05) is 43.8 Å². The average Bonchev–Trinajstić information content (AvgIpc) is 3.36. The molecule has 1 unspecified atom stereocenters. The molecule has 0 saturated heterocycles. The summed E-state index contributed by atoms with van der Waals surface area (Å²) in [5.74, 6) is -1.27. The molecule has 0 aliphatic carbocycles. The highest BCUT2D eigenvalue weighted by Crippen LogP contribution is 2.25. The maximum absolute atomic E-state index is 13.5. The summed E-state index contributed by atoms with van der Waals surface area (Å²) in [6.07, 6.45) is 3.82. The molecule has 1 aromatic heterocycles. The lowest BCUT2D eigenvalue weighted by Crippen LogP contribution is -2.50. The molecule has 3 amide bonds. The van der Waals surface area contributed by atoms with Gasteiger partial charge >= 0.3 is 0 Å². The standard InChI is InChI=1S/C30H45N5O3S/c1-8-20(6)25(18-32-29(37)21(7)19-35(11-4)12-5)34-30(38)23(17-31-27(36)10-3)16-28-33-24-14-13-22(9-2)15-26(24)39-28/h13-15,17,20,23,25H,7-12,16,18-19H2,1-6H3,(H,32,37)(H,34,38)/t20-,23?,25+/m0/s1. The summed E-state index contributed by atoms with van der Waals surface area (Å²) in [5, 5.41) is 6.89. The van der Waals surface area contributed by atoms with Gasteiger partial charge in [-0.3, -0.25) is 19.3 Å². The van der Waals surface area contributed by atoms with E-state index in [-0.39, 0.29) is 42.6 Å². The van der Waals surface area contributed by atoms with E-state index in [1.165, 1.54) is 11.8 Å². The van der Waals surface area contributed by atoms with E-state index in [1.54, 1.807) is 18.3 Å². The predicted molar refractivity (Wildman–Crippen MR) is 161 cm³/mol. The zero-order valence-corrected chi connectivity index (χ0v) is 25.2. The number of hydrogen-bond donors (Lipinski definition) is 2. The molecule has 0 aliphatic heterocycles. The molecule has 3 atom stereocenters. The van der Waals surface area contributed by atoms with Crippen LogP contribution in [0.2, 0.25) is 0 Å². The smallest absolute Gasteiger partial charge is 0.247 e. The molecule has 9 heteroatoms. The normalized spacial score (nSPS) is 13.9. The second-order valence-corrected chi connectivity index (χ2v) is 11.0. The highest BCUT2D eigenvalue weighted by Gasteiger charge is 2.25. The van der Waals surface area contributed by atoms with Crippen molar-refractivity contribution < 1.29 is 14.4 Å². The Hall–Kier alpha value is -2.91. The minimum Gasteiger partial charge on any atom is -0.351 e. The van der Waals surface area contributed by atoms with Crippen LogP contribution >= 0.6 is 11.3 Å². The first-order valence-corrected chi connectivity index (χ1v) is 14.9. The van der Waals surface area contributed by atoms with Gasteiger partial charge in [0.25, 0.3) is 0 Å². The van der Waals surface area contributed by atoms with Crippen LogP contribution in [0.5, 0.6) is 0 Å². The minimum absolute atomic E-state index is 0.120. The number of nitrogens with one attached hydrogen (secondary N) is 2. The van der Waals surface area contributed by atoms with Crippen molar-refractivity contribution in [3.8, 4) is 0 Å². The first-order chi connectivity index (χ1) is 18.6. The van der Waals surface area contributed by atoms with Crippen molar-refractivity contribution in [2.75, 3.05) is 26.2 Å². The fourth-order valence-corrected chi connectivity index (χ4v) is 5.16. The first-order valence-electron chi connectivity index (χ1n) is 14.1. The van der Waals surface area contributed by atoms with E-state index in [4.69, 9.17) is 4.98 Å². The van der Waals surface area contributed by atoms with Crippen molar-refractivity contribution in [2.45, 2.75) is 73.3 Å². The third-order valence-electron chi connectivity index (χ3n) is 7.11. The van der Waals surface area contributed by atoms with Crippen molar-refractivity contribution in [3.05, 3.63) is 40.9 Å². The van der Waals surface area contributed by atoms with E-state index in [0.717, 1.165) is 41.2 Å². The van der Waals surface area contributed by atoms with Gasteiger partial charge in [0.2, 0.25) is 17.7 Å². The van der Waals surface area contributed by atoms with Crippen molar-refractivity contribution in [2.24, 2.45) is 16.8 Å². The van der Waals surface area contributed by atoms with E-state index in [2.05, 4.69) is 53.1 Å². The molecular weight excluding hydrogens is 510 g/mol. The molecule has 0 radical (unpaired) electrons. The third-order valence-corrected chi connectivity index (χ3v) is 8.15. The summed E-state index contributed by atoms with van der Waals surface area (Å²) >= 11 is 1.56. The lowest BCUT2D eigenvalue weighted by Gasteiger charge is -2.27. The Labute approximate surface area is 237 Å². The van der Waals surface area contributed by atoms with Crippen molar-refractivity contribution in [1.82, 2.24) is 20.5 Å². The summed E-state index contributed by atoms with van der Waals surface area (Å²) in [6, 6.07) is 5.93. The van der Waals surface area contributed by atoms with Crippen molar-refractivity contribution in [1.29, 1.82) is 0 Å². The summed E-state index contributed by atoms with van der Waals surface area (Å²) < 4.78 is 1.08. The van der Waals surface area contributed by atoms with Crippen LogP contribution in [0.4, 0.5) is 0 Å². The summed E-state index contributed by atoms with van der Waals surface area (Å²) in [5.41, 5.74) is 2.64. The van der Waals surface area contributed by atoms with E-state index >= 15 is 0 Å². The first kappa shape index (κ1) is 32.3. The van der Waals surface area contributed by atoms with Gasteiger partial charge in [0.05, 0.1) is 21.1 Å². The number of carbonyl (C=O) groups excluding carboxylic acids is 3. The Morgan fingerprint density at radius 3 is 2.49 bits per heavy atom. The molecule has 8 nitrogen and oxygen atoms in total. The van der Waals surface area contributed by atoms with Gasteiger partial charge < -0.3 is 10.6 Å². The number of likely N-dealkylation sites (N-methyl/N-ethyl adjacent to an activating group) is 1. The van der Waals surface area contributed by atoms with E-state index in [1.807, 2.05) is 26.8 Å². The largest absolute Gasteiger partial charge is 0.351 e. The van der Waals surface area contributed by atoms with Crippen LogP contribution in [-0.2, 0) is 27.2 Å². The highest BCUT2D eigenvalue weighted by molar-refractivity contribution is 7.18. The number of aryl methyl sites for hydroxylation is 1. The minimum atomic E-state index is -0.661. The van der Waals surface area contributed by atoms with E-state index in [0.29, 0.717) is 18.5 Å². The van der Waals surface area contributed by atoms with Crippen LogP contribution < -0.4 is 10.6 Å². The summed E-state index contributed by atoms with van der Waals surface area (Å²) in [6.45, 7) is 18.5. The van der Waals surface area contributed by atoms with Crippen LogP contribution in [0.25, 0.3) is 10.2 Å². The molecule has 1 heterocycles. The fourth-order valence-electron chi connectivity index (χ4n) is 4.07. The molecule has 0 spiro atoms. The van der Waals surface area contributed by atoms with Gasteiger partial charge in [-0.25, -0.2) is 9.98 Å². The molecule has 1 aromatic carbocycles. The van der Waals surface area contributed by atoms with Crippen LogP contribution in [0.15, 0.2) is 35.3 Å². The number of benzene rings is 1. The van der Waals surface area contributed by atoms with Gasteiger partial charge in [0.1, 0.15) is 0 Å². The number of thiazole rings is 1. The number of hydrogen-bond acceptors (Lipinski definition) is 6. The van der Waals surface area contributed by atoms with Crippen LogP contribution in [0.3, 0.4) is 0 Å². The van der Waals surface area contributed by atoms with E-state index < -0.39 is 5.92 Å². The van der Waals surface area contributed by atoms with Gasteiger partial charge in [-0.05, 0) is 43.1 Å². The molecule has 2 aromatic rings. The van der Waals surface area contributed by atoms with E-state index in [9.17, 15) is 14.4 Å². The number of fused-ring (bicyclic) bond motifs is 1. The molecule has 2 rings (SSSR count). The Bertz CT molecular complexity index is 1150. The predicted octanol–water partition coefficient (Wildman–Crippen LogP) is 4.57. The second kappa shape index (κ2) is 16.3. The maximum Gasteiger partial charge on any atom is 0.247 e. The Kier molecular flexibility index (Phi) is 13.5. The maximum atomic E-state index is 13.5. The average molecular weight is 556 g/mol. The number of aromatic nitrogens is 1. The number of aliphatic imine (C=N–C) groups is 1. The van der Waals surface area contributed by atoms with Crippen molar-refractivity contribution in [3.63, 3.8) is 0 Å². The topological polar surface area (TPSA) is 104 Å². The number of amides is 3. The Morgan fingerprint density at radius 2 is 1.87 bits per heavy atom. The molecular formula is C30H45N5O3S. The van der Waals surface area contributed by atoms with Gasteiger partial charge in [-0.2, -0.15) is 0 Å². The van der Waals surface area contributed by atoms with Gasteiger partial charge in [0.15, 0.2) is 0 Å². The fraction of sp³-hybridized carbons (Fsp3) is 0.567. The lowest BCUT2D eigenvalue weighted by molar-refractivity contribution is -0.124. The SMILES string of the molecule is C=C(CN(CC)CC)C(=O)NC[C@@H](NC(=O)C(C=NC(=O)CC)Cc1nc2ccc(CC)cc2s1)[C@@H](C)CC. The van der Waals surface area contributed by atoms with Crippen LogP contribution in [0.1, 0.15) is 65.0 Å². The number of rotatable bonds is 16. The molecule has 214 valence electrons. The summed E-state index contributed by atoms with van der Waals surface area (Å²) in [7, 11) is 0. The molecule has 39 heavy (non-hydrogen) atoms.